The number of ether oxygens (including phenoxy) is 1. The molecular formula is C21H27N3O3S. The third-order valence-corrected chi connectivity index (χ3v) is 6.71. The highest BCUT2D eigenvalue weighted by molar-refractivity contribution is 7.88. The van der Waals surface area contributed by atoms with Crippen molar-refractivity contribution in [3.05, 3.63) is 59.4 Å². The predicted molar refractivity (Wildman–Crippen MR) is 108 cm³/mol. The van der Waals surface area contributed by atoms with Crippen molar-refractivity contribution in [2.45, 2.75) is 51.5 Å². The van der Waals surface area contributed by atoms with E-state index < -0.39 is 10.0 Å². The van der Waals surface area contributed by atoms with E-state index in [0.29, 0.717) is 13.2 Å². The summed E-state index contributed by atoms with van der Waals surface area (Å²) in [7, 11) is -3.20. The number of benzene rings is 1. The summed E-state index contributed by atoms with van der Waals surface area (Å²) in [6, 6.07) is 10.5. The fourth-order valence-electron chi connectivity index (χ4n) is 3.68. The second-order valence-electron chi connectivity index (χ2n) is 7.91. The van der Waals surface area contributed by atoms with Crippen LogP contribution in [0.3, 0.4) is 0 Å². The Kier molecular flexibility index (Phi) is 5.40. The van der Waals surface area contributed by atoms with Gasteiger partial charge in [-0.05, 0) is 49.1 Å². The van der Waals surface area contributed by atoms with Gasteiger partial charge < -0.3 is 4.74 Å². The molecule has 7 heteroatoms. The molecule has 0 N–H and O–H groups in total. The lowest BCUT2D eigenvalue weighted by molar-refractivity contribution is 0.151. The number of fused-ring (bicyclic) bond motifs is 1. The molecule has 1 aromatic heterocycles. The highest BCUT2D eigenvalue weighted by atomic mass is 32.2. The number of hydrogen-bond donors (Lipinski definition) is 0. The molecule has 1 atom stereocenters. The van der Waals surface area contributed by atoms with Crippen molar-refractivity contribution < 1.29 is 13.2 Å². The van der Waals surface area contributed by atoms with Crippen molar-refractivity contribution in [2.24, 2.45) is 0 Å². The molecule has 2 heterocycles. The molecule has 2 aromatic rings. The van der Waals surface area contributed by atoms with Crippen LogP contribution >= 0.6 is 0 Å². The molecule has 0 amide bonds. The van der Waals surface area contributed by atoms with E-state index in [9.17, 15) is 8.42 Å². The van der Waals surface area contributed by atoms with Crippen molar-refractivity contribution in [3.63, 3.8) is 0 Å². The molecule has 6 nitrogen and oxygen atoms in total. The van der Waals surface area contributed by atoms with E-state index in [1.807, 2.05) is 24.4 Å². The zero-order valence-corrected chi connectivity index (χ0v) is 17.2. The maximum atomic E-state index is 12.1. The number of rotatable bonds is 6. The number of nitrogens with zero attached hydrogens (tertiary/aromatic N) is 3. The molecule has 4 rings (SSSR count). The van der Waals surface area contributed by atoms with Gasteiger partial charge in [0, 0.05) is 49.7 Å². The summed E-state index contributed by atoms with van der Waals surface area (Å²) in [4.78, 5) is 6.59. The zero-order chi connectivity index (χ0) is 19.7. The third kappa shape index (κ3) is 4.54. The first-order valence-corrected chi connectivity index (χ1v) is 11.6. The lowest BCUT2D eigenvalue weighted by atomic mass is 10.1. The van der Waals surface area contributed by atoms with E-state index in [0.717, 1.165) is 42.8 Å². The maximum Gasteiger partial charge on any atom is 0.211 e. The van der Waals surface area contributed by atoms with E-state index in [-0.39, 0.29) is 12.1 Å². The summed E-state index contributed by atoms with van der Waals surface area (Å²) in [6.07, 6.45) is 6.90. The Morgan fingerprint density at radius 1 is 1.25 bits per heavy atom. The van der Waals surface area contributed by atoms with Gasteiger partial charge in [0.1, 0.15) is 12.4 Å². The van der Waals surface area contributed by atoms with Crippen LogP contribution in [-0.4, -0.2) is 47.6 Å². The quantitative estimate of drug-likeness (QED) is 0.745. The second-order valence-corrected chi connectivity index (χ2v) is 9.84. The van der Waals surface area contributed by atoms with Crippen molar-refractivity contribution >= 4 is 10.0 Å². The van der Waals surface area contributed by atoms with Gasteiger partial charge in [-0.25, -0.2) is 8.42 Å². The van der Waals surface area contributed by atoms with Crippen LogP contribution in [0.5, 0.6) is 5.75 Å². The van der Waals surface area contributed by atoms with E-state index in [4.69, 9.17) is 4.74 Å². The Morgan fingerprint density at radius 2 is 2.07 bits per heavy atom. The van der Waals surface area contributed by atoms with Crippen LogP contribution in [0, 0.1) is 0 Å². The first kappa shape index (κ1) is 19.4. The molecule has 0 radical (unpaired) electrons. The van der Waals surface area contributed by atoms with Crippen LogP contribution in [0.4, 0.5) is 0 Å². The molecule has 0 saturated heterocycles. The highest BCUT2D eigenvalue weighted by Gasteiger charge is 2.35. The van der Waals surface area contributed by atoms with Crippen LogP contribution in [0.25, 0.3) is 0 Å². The topological polar surface area (TPSA) is 62.7 Å². The number of hydrogen-bond acceptors (Lipinski definition) is 5. The zero-order valence-electron chi connectivity index (χ0n) is 16.4. The fourth-order valence-corrected chi connectivity index (χ4v) is 4.82. The first-order valence-electron chi connectivity index (χ1n) is 9.74. The average Bonchev–Trinajstić information content (AvgIpc) is 3.49. The highest BCUT2D eigenvalue weighted by Crippen LogP contribution is 2.32. The van der Waals surface area contributed by atoms with Crippen molar-refractivity contribution in [3.8, 4) is 5.75 Å². The lowest BCUT2D eigenvalue weighted by Gasteiger charge is -2.26. The molecule has 0 unspecified atom stereocenters. The molecule has 2 aliphatic rings. The largest absolute Gasteiger partial charge is 0.492 e. The molecule has 1 saturated carbocycles. The molecule has 1 aliphatic carbocycles. The summed E-state index contributed by atoms with van der Waals surface area (Å²) in [5.41, 5.74) is 3.29. The van der Waals surface area contributed by atoms with Crippen LogP contribution in [0.1, 0.15) is 36.5 Å². The van der Waals surface area contributed by atoms with E-state index >= 15 is 0 Å². The molecule has 1 fully saturated rings. The van der Waals surface area contributed by atoms with Crippen molar-refractivity contribution in [1.82, 2.24) is 14.2 Å². The minimum atomic E-state index is -3.20. The van der Waals surface area contributed by atoms with Gasteiger partial charge in [-0.3, -0.25) is 9.88 Å². The van der Waals surface area contributed by atoms with Gasteiger partial charge in [0.05, 0.1) is 6.26 Å². The summed E-state index contributed by atoms with van der Waals surface area (Å²) in [5.74, 6) is 0.890. The molecule has 1 aromatic carbocycles. The Labute approximate surface area is 167 Å². The van der Waals surface area contributed by atoms with Crippen LogP contribution < -0.4 is 4.74 Å². The summed E-state index contributed by atoms with van der Waals surface area (Å²) in [6.45, 7) is 4.79. The van der Waals surface area contributed by atoms with E-state index in [2.05, 4.69) is 28.9 Å². The summed E-state index contributed by atoms with van der Waals surface area (Å²) >= 11 is 0. The molecule has 0 bridgehead atoms. The molecule has 1 aliphatic heterocycles. The van der Waals surface area contributed by atoms with Crippen LogP contribution in [-0.2, 0) is 29.7 Å². The fraction of sp³-hybridized carbons (Fsp3) is 0.476. The average molecular weight is 402 g/mol. The van der Waals surface area contributed by atoms with E-state index in [1.54, 1.807) is 10.5 Å². The van der Waals surface area contributed by atoms with Crippen molar-refractivity contribution in [2.75, 3.05) is 12.9 Å². The Morgan fingerprint density at radius 3 is 2.75 bits per heavy atom. The predicted octanol–water partition coefficient (Wildman–Crippen LogP) is 2.79. The maximum absolute atomic E-state index is 12.1. The van der Waals surface area contributed by atoms with E-state index in [1.165, 1.54) is 11.8 Å². The van der Waals surface area contributed by atoms with Gasteiger partial charge in [0.25, 0.3) is 0 Å². The first-order chi connectivity index (χ1) is 13.4. The summed E-state index contributed by atoms with van der Waals surface area (Å²) < 4.78 is 31.9. The smallest absolute Gasteiger partial charge is 0.211 e. The van der Waals surface area contributed by atoms with Gasteiger partial charge in [-0.1, -0.05) is 12.1 Å². The van der Waals surface area contributed by atoms with Gasteiger partial charge in [0.15, 0.2) is 0 Å². The van der Waals surface area contributed by atoms with Crippen LogP contribution in [0.15, 0.2) is 42.7 Å². The standard InChI is InChI=1S/C21H27N3O3S/c1-16-15-27-21-8-5-17(13-24(20-6-7-20)28(2,25)26)10-19(21)14-23(16)12-18-4-3-9-22-11-18/h3-5,8-11,16,20H,6-7,12-15H2,1-2H3/t16-/m0/s1. The minimum absolute atomic E-state index is 0.159. The molecule has 0 spiro atoms. The SMILES string of the molecule is C[C@H]1COc2ccc(CN(C3CC3)S(C)(=O)=O)cc2CN1Cc1cccnc1. The molecule has 28 heavy (non-hydrogen) atoms. The Hall–Kier alpha value is -1.96. The second kappa shape index (κ2) is 7.81. The Bertz CT molecular complexity index is 929. The lowest BCUT2D eigenvalue weighted by Crippen LogP contribution is -2.34. The van der Waals surface area contributed by atoms with Gasteiger partial charge >= 0.3 is 0 Å². The van der Waals surface area contributed by atoms with Crippen LogP contribution in [0.2, 0.25) is 0 Å². The van der Waals surface area contributed by atoms with Gasteiger partial charge in [0.2, 0.25) is 10.0 Å². The monoisotopic (exact) mass is 401 g/mol. The third-order valence-electron chi connectivity index (χ3n) is 5.43. The van der Waals surface area contributed by atoms with Gasteiger partial charge in [-0.2, -0.15) is 4.31 Å². The molecule has 150 valence electrons. The van der Waals surface area contributed by atoms with Crippen molar-refractivity contribution in [1.29, 1.82) is 0 Å². The minimum Gasteiger partial charge on any atom is -0.492 e. The number of pyridine rings is 1. The summed E-state index contributed by atoms with van der Waals surface area (Å²) in [5, 5.41) is 0. The van der Waals surface area contributed by atoms with Gasteiger partial charge in [-0.15, -0.1) is 0 Å². The Balaban J connectivity index is 1.55. The number of sulfonamides is 1. The number of aromatic nitrogens is 1. The normalized spacial score (nSPS) is 20.5. The molecular weight excluding hydrogens is 374 g/mol.